The van der Waals surface area contributed by atoms with Gasteiger partial charge in [0.15, 0.2) is 0 Å². The summed E-state index contributed by atoms with van der Waals surface area (Å²) in [4.78, 5) is 32.1. The topological polar surface area (TPSA) is 102 Å². The van der Waals surface area contributed by atoms with Crippen molar-refractivity contribution in [1.82, 2.24) is 4.57 Å². The normalized spacial score (nSPS) is 9.94. The van der Waals surface area contributed by atoms with Crippen LogP contribution in [0.25, 0.3) is 0 Å². The molecule has 7 heteroatoms. The Morgan fingerprint density at radius 2 is 2.24 bits per heavy atom. The third-order valence-corrected chi connectivity index (χ3v) is 2.17. The van der Waals surface area contributed by atoms with E-state index >= 15 is 0 Å². The van der Waals surface area contributed by atoms with Gasteiger partial charge in [-0.15, -0.1) is 0 Å². The number of aromatic nitrogens is 1. The second-order valence-corrected chi connectivity index (χ2v) is 3.47. The molecular formula is C10H10N2O5. The fourth-order valence-corrected chi connectivity index (χ4v) is 1.24. The minimum Gasteiger partial charge on any atom is -0.478 e. The number of pyridine rings is 1. The van der Waals surface area contributed by atoms with Gasteiger partial charge in [0.1, 0.15) is 0 Å². The predicted molar refractivity (Wildman–Crippen MR) is 58.9 cm³/mol. The largest absolute Gasteiger partial charge is 0.478 e. The summed E-state index contributed by atoms with van der Waals surface area (Å²) in [5, 5.41) is 19.3. The quantitative estimate of drug-likeness (QED) is 0.472. The van der Waals surface area contributed by atoms with E-state index in [2.05, 4.69) is 6.58 Å². The number of aliphatic carboxylic acids is 1. The summed E-state index contributed by atoms with van der Waals surface area (Å²) in [6, 6.07) is 1.09. The number of aryl methyl sites for hydroxylation is 1. The lowest BCUT2D eigenvalue weighted by Gasteiger charge is -2.06. The minimum atomic E-state index is -1.25. The zero-order valence-corrected chi connectivity index (χ0v) is 9.04. The molecule has 1 aromatic rings. The number of hydrogen-bond acceptors (Lipinski definition) is 4. The molecule has 1 heterocycles. The number of nitrogens with zero attached hydrogens (tertiary/aromatic N) is 2. The molecule has 1 N–H and O–H groups in total. The summed E-state index contributed by atoms with van der Waals surface area (Å²) in [6.07, 6.45) is 1.02. The van der Waals surface area contributed by atoms with Crippen LogP contribution in [-0.4, -0.2) is 20.6 Å². The molecule has 0 bridgehead atoms. The Labute approximate surface area is 95.8 Å². The van der Waals surface area contributed by atoms with E-state index in [-0.39, 0.29) is 23.4 Å². The van der Waals surface area contributed by atoms with Gasteiger partial charge in [-0.1, -0.05) is 6.58 Å². The summed E-state index contributed by atoms with van der Waals surface area (Å²) in [6.45, 7) is 4.42. The van der Waals surface area contributed by atoms with Gasteiger partial charge in [0.2, 0.25) is 0 Å². The highest BCUT2D eigenvalue weighted by molar-refractivity contribution is 5.85. The molecule has 0 radical (unpaired) electrons. The Morgan fingerprint density at radius 1 is 1.65 bits per heavy atom. The van der Waals surface area contributed by atoms with E-state index in [1.165, 1.54) is 6.92 Å². The number of carbonyl (C=O) groups is 1. The average molecular weight is 238 g/mol. The Morgan fingerprint density at radius 3 is 2.71 bits per heavy atom. The summed E-state index contributed by atoms with van der Waals surface area (Å²) in [5.41, 5.74) is -0.722. The molecule has 0 aromatic carbocycles. The zero-order valence-electron chi connectivity index (χ0n) is 9.04. The smallest absolute Gasteiger partial charge is 0.332 e. The van der Waals surface area contributed by atoms with Gasteiger partial charge in [-0.3, -0.25) is 14.9 Å². The maximum Gasteiger partial charge on any atom is 0.332 e. The molecule has 0 saturated carbocycles. The first-order chi connectivity index (χ1) is 7.82. The van der Waals surface area contributed by atoms with E-state index in [0.29, 0.717) is 0 Å². The molecule has 17 heavy (non-hydrogen) atoms. The van der Waals surface area contributed by atoms with Crippen molar-refractivity contribution in [3.63, 3.8) is 0 Å². The molecule has 0 aliphatic carbocycles. The van der Waals surface area contributed by atoms with Crippen molar-refractivity contribution in [2.45, 2.75) is 13.5 Å². The molecule has 7 nitrogen and oxygen atoms in total. The van der Waals surface area contributed by atoms with Crippen LogP contribution >= 0.6 is 0 Å². The molecule has 0 spiro atoms. The van der Waals surface area contributed by atoms with E-state index in [1.807, 2.05) is 0 Å². The maximum atomic E-state index is 11.5. The summed E-state index contributed by atoms with van der Waals surface area (Å²) in [5.74, 6) is -1.25. The molecule has 0 fully saturated rings. The molecular weight excluding hydrogens is 228 g/mol. The van der Waals surface area contributed by atoms with Crippen LogP contribution in [0, 0.1) is 17.0 Å². The molecule has 1 rings (SSSR count). The van der Waals surface area contributed by atoms with Gasteiger partial charge < -0.3 is 9.67 Å². The average Bonchev–Trinajstić information content (AvgIpc) is 2.21. The Bertz CT molecular complexity index is 558. The van der Waals surface area contributed by atoms with Gasteiger partial charge in [-0.2, -0.15) is 0 Å². The standard InChI is InChI=1S/C10H10N2O5/c1-6-3-9(13)11(4-7(2)10(14)15)5-8(6)12(16)17/h3,5H,2,4H2,1H3,(H,14,15). The SMILES string of the molecule is C=C(Cn1cc([N+](=O)[O-])c(C)cc1=O)C(=O)O. The van der Waals surface area contributed by atoms with Gasteiger partial charge in [0.25, 0.3) is 11.2 Å². The fraction of sp³-hybridized carbons (Fsp3) is 0.200. The lowest BCUT2D eigenvalue weighted by molar-refractivity contribution is -0.385. The summed E-state index contributed by atoms with van der Waals surface area (Å²) >= 11 is 0. The van der Waals surface area contributed by atoms with Crippen molar-refractivity contribution in [2.24, 2.45) is 0 Å². The number of carboxylic acids is 1. The molecule has 0 saturated heterocycles. The molecule has 0 amide bonds. The monoisotopic (exact) mass is 238 g/mol. The number of carboxylic acid groups (broad SMARTS) is 1. The molecule has 1 aromatic heterocycles. The number of nitro groups is 1. The zero-order chi connectivity index (χ0) is 13.2. The van der Waals surface area contributed by atoms with Gasteiger partial charge in [0.05, 0.1) is 17.7 Å². The maximum absolute atomic E-state index is 11.5. The molecule has 0 unspecified atom stereocenters. The molecule has 0 aliphatic rings. The number of rotatable bonds is 4. The van der Waals surface area contributed by atoms with Crippen molar-refractivity contribution in [2.75, 3.05) is 0 Å². The van der Waals surface area contributed by atoms with Crippen LogP contribution in [0.2, 0.25) is 0 Å². The van der Waals surface area contributed by atoms with Crippen molar-refractivity contribution >= 4 is 11.7 Å². The number of hydrogen-bond donors (Lipinski definition) is 1. The summed E-state index contributed by atoms with van der Waals surface area (Å²) in [7, 11) is 0. The van der Waals surface area contributed by atoms with E-state index in [9.17, 15) is 19.7 Å². The van der Waals surface area contributed by atoms with Crippen molar-refractivity contribution in [3.05, 3.63) is 50.4 Å². The van der Waals surface area contributed by atoms with Crippen LogP contribution in [0.4, 0.5) is 5.69 Å². The van der Waals surface area contributed by atoms with Crippen LogP contribution < -0.4 is 5.56 Å². The highest BCUT2D eigenvalue weighted by Gasteiger charge is 2.14. The lowest BCUT2D eigenvalue weighted by Crippen LogP contribution is -2.22. The first-order valence-corrected chi connectivity index (χ1v) is 4.59. The van der Waals surface area contributed by atoms with E-state index < -0.39 is 16.5 Å². The van der Waals surface area contributed by atoms with Gasteiger partial charge >= 0.3 is 5.97 Å². The molecule has 0 aliphatic heterocycles. The summed E-state index contributed by atoms with van der Waals surface area (Å²) < 4.78 is 0.946. The first-order valence-electron chi connectivity index (χ1n) is 4.59. The Kier molecular flexibility index (Phi) is 3.42. The third kappa shape index (κ3) is 2.77. The van der Waals surface area contributed by atoms with Crippen LogP contribution in [0.5, 0.6) is 0 Å². The predicted octanol–water partition coefficient (Wildman–Crippen LogP) is 0.706. The minimum absolute atomic E-state index is 0.217. The second-order valence-electron chi connectivity index (χ2n) is 3.47. The molecule has 90 valence electrons. The first kappa shape index (κ1) is 12.6. The second kappa shape index (κ2) is 4.60. The van der Waals surface area contributed by atoms with Gasteiger partial charge in [-0.05, 0) is 6.92 Å². The van der Waals surface area contributed by atoms with Crippen LogP contribution in [0.3, 0.4) is 0 Å². The highest BCUT2D eigenvalue weighted by Crippen LogP contribution is 2.14. The molecule has 0 atom stereocenters. The van der Waals surface area contributed by atoms with E-state index in [0.717, 1.165) is 16.8 Å². The van der Waals surface area contributed by atoms with Gasteiger partial charge in [-0.25, -0.2) is 4.79 Å². The van der Waals surface area contributed by atoms with E-state index in [1.54, 1.807) is 0 Å². The van der Waals surface area contributed by atoms with Crippen LogP contribution in [-0.2, 0) is 11.3 Å². The lowest BCUT2D eigenvalue weighted by atomic mass is 10.2. The Balaban J connectivity index is 3.21. The highest BCUT2D eigenvalue weighted by atomic mass is 16.6. The van der Waals surface area contributed by atoms with Crippen molar-refractivity contribution < 1.29 is 14.8 Å². The third-order valence-electron chi connectivity index (χ3n) is 2.17. The van der Waals surface area contributed by atoms with Gasteiger partial charge in [0, 0.05) is 17.2 Å². The van der Waals surface area contributed by atoms with Crippen LogP contribution in [0.15, 0.2) is 29.2 Å². The van der Waals surface area contributed by atoms with Crippen molar-refractivity contribution in [1.29, 1.82) is 0 Å². The van der Waals surface area contributed by atoms with E-state index in [4.69, 9.17) is 5.11 Å². The van der Waals surface area contributed by atoms with Crippen molar-refractivity contribution in [3.8, 4) is 0 Å². The Hall–Kier alpha value is -2.44. The fourth-order valence-electron chi connectivity index (χ4n) is 1.24. The van der Waals surface area contributed by atoms with Crippen LogP contribution in [0.1, 0.15) is 5.56 Å².